The summed E-state index contributed by atoms with van der Waals surface area (Å²) in [4.78, 5) is 7.03. The van der Waals surface area contributed by atoms with E-state index in [1.54, 1.807) is 7.11 Å². The Hall–Kier alpha value is -1.09. The summed E-state index contributed by atoms with van der Waals surface area (Å²) in [6.07, 6.45) is 5.91. The zero-order valence-electron chi connectivity index (χ0n) is 12.6. The van der Waals surface area contributed by atoms with Crippen molar-refractivity contribution in [2.45, 2.75) is 46.1 Å². The predicted octanol–water partition coefficient (Wildman–Crippen LogP) is 3.58. The summed E-state index contributed by atoms with van der Waals surface area (Å²) in [5.74, 6) is 1.43. The minimum Gasteiger partial charge on any atom is -0.481 e. The largest absolute Gasteiger partial charge is 0.481 e. The summed E-state index contributed by atoms with van der Waals surface area (Å²) in [5.41, 5.74) is 2.67. The van der Waals surface area contributed by atoms with Crippen LogP contribution in [0.4, 0.5) is 0 Å². The second-order valence-corrected chi connectivity index (χ2v) is 5.98. The van der Waals surface area contributed by atoms with Gasteiger partial charge in [0.1, 0.15) is 0 Å². The Labute approximate surface area is 117 Å². The highest BCUT2D eigenvalue weighted by atomic mass is 16.5. The van der Waals surface area contributed by atoms with Crippen LogP contribution in [-0.4, -0.2) is 30.1 Å². The molecule has 0 amide bonds. The van der Waals surface area contributed by atoms with E-state index < -0.39 is 0 Å². The Bertz CT molecular complexity index is 417. The van der Waals surface area contributed by atoms with Crippen LogP contribution in [0.15, 0.2) is 12.3 Å². The minimum atomic E-state index is 0.537. The molecule has 1 fully saturated rings. The SMILES string of the molecule is COc1cc(C)c([C@@H]2CCCCN2CC(C)C)cn1. The lowest BCUT2D eigenvalue weighted by Crippen LogP contribution is -2.36. The molecule has 1 aromatic rings. The van der Waals surface area contributed by atoms with Gasteiger partial charge in [-0.2, -0.15) is 0 Å². The fourth-order valence-corrected chi connectivity index (χ4v) is 3.03. The van der Waals surface area contributed by atoms with Crippen molar-refractivity contribution in [2.24, 2.45) is 5.92 Å². The van der Waals surface area contributed by atoms with Gasteiger partial charge in [-0.25, -0.2) is 4.98 Å². The van der Waals surface area contributed by atoms with E-state index in [4.69, 9.17) is 4.74 Å². The molecule has 0 aromatic carbocycles. The van der Waals surface area contributed by atoms with Crippen LogP contribution in [0.5, 0.6) is 5.88 Å². The van der Waals surface area contributed by atoms with Crippen LogP contribution < -0.4 is 4.74 Å². The van der Waals surface area contributed by atoms with E-state index >= 15 is 0 Å². The lowest BCUT2D eigenvalue weighted by molar-refractivity contribution is 0.131. The third-order valence-corrected chi connectivity index (χ3v) is 3.91. The first-order valence-electron chi connectivity index (χ1n) is 7.36. The van der Waals surface area contributed by atoms with Gasteiger partial charge in [-0.1, -0.05) is 20.3 Å². The number of hydrogen-bond donors (Lipinski definition) is 0. The molecule has 3 nitrogen and oxygen atoms in total. The third kappa shape index (κ3) is 3.47. The van der Waals surface area contributed by atoms with Crippen molar-refractivity contribution in [3.63, 3.8) is 0 Å². The van der Waals surface area contributed by atoms with Gasteiger partial charge in [0, 0.05) is 24.8 Å². The standard InChI is InChI=1S/C16H26N2O/c1-12(2)11-18-8-6-5-7-15(18)14-10-17-16(19-4)9-13(14)3/h9-10,12,15H,5-8,11H2,1-4H3/t15-/m0/s1. The summed E-state index contributed by atoms with van der Waals surface area (Å²) >= 11 is 0. The van der Waals surface area contributed by atoms with Crippen molar-refractivity contribution in [3.8, 4) is 5.88 Å². The minimum absolute atomic E-state index is 0.537. The Morgan fingerprint density at radius 1 is 1.42 bits per heavy atom. The smallest absolute Gasteiger partial charge is 0.213 e. The second-order valence-electron chi connectivity index (χ2n) is 5.98. The number of methoxy groups -OCH3 is 1. The second kappa shape index (κ2) is 6.38. The van der Waals surface area contributed by atoms with Crippen molar-refractivity contribution >= 4 is 0 Å². The van der Waals surface area contributed by atoms with Gasteiger partial charge in [0.05, 0.1) is 7.11 Å². The van der Waals surface area contributed by atoms with Gasteiger partial charge in [-0.3, -0.25) is 4.90 Å². The lowest BCUT2D eigenvalue weighted by atomic mass is 9.93. The van der Waals surface area contributed by atoms with Gasteiger partial charge in [-0.15, -0.1) is 0 Å². The highest BCUT2D eigenvalue weighted by Crippen LogP contribution is 2.33. The summed E-state index contributed by atoms with van der Waals surface area (Å²) in [7, 11) is 1.67. The number of likely N-dealkylation sites (tertiary alicyclic amines) is 1. The molecule has 0 N–H and O–H groups in total. The molecule has 19 heavy (non-hydrogen) atoms. The van der Waals surface area contributed by atoms with Crippen LogP contribution >= 0.6 is 0 Å². The molecule has 106 valence electrons. The van der Waals surface area contributed by atoms with E-state index in [2.05, 4.69) is 36.7 Å². The molecule has 0 spiro atoms. The average Bonchev–Trinajstić information content (AvgIpc) is 2.39. The van der Waals surface area contributed by atoms with Crippen molar-refractivity contribution < 1.29 is 4.74 Å². The Morgan fingerprint density at radius 2 is 2.21 bits per heavy atom. The normalized spacial score (nSPS) is 20.8. The van der Waals surface area contributed by atoms with Crippen LogP contribution in [0, 0.1) is 12.8 Å². The van der Waals surface area contributed by atoms with Crippen molar-refractivity contribution in [1.82, 2.24) is 9.88 Å². The van der Waals surface area contributed by atoms with Crippen LogP contribution in [0.2, 0.25) is 0 Å². The van der Waals surface area contributed by atoms with Crippen LogP contribution in [0.3, 0.4) is 0 Å². The van der Waals surface area contributed by atoms with Gasteiger partial charge in [-0.05, 0) is 43.4 Å². The van der Waals surface area contributed by atoms with Gasteiger partial charge < -0.3 is 4.74 Å². The molecule has 0 saturated carbocycles. The first-order chi connectivity index (χ1) is 9.11. The maximum Gasteiger partial charge on any atom is 0.213 e. The summed E-state index contributed by atoms with van der Waals surface area (Å²) in [6, 6.07) is 2.59. The molecule has 0 unspecified atom stereocenters. The fraction of sp³-hybridized carbons (Fsp3) is 0.688. The van der Waals surface area contributed by atoms with E-state index in [1.165, 1.54) is 43.5 Å². The molecule has 2 heterocycles. The third-order valence-electron chi connectivity index (χ3n) is 3.91. The monoisotopic (exact) mass is 262 g/mol. The Morgan fingerprint density at radius 3 is 2.84 bits per heavy atom. The molecule has 1 aliphatic heterocycles. The van der Waals surface area contributed by atoms with E-state index in [0.29, 0.717) is 17.8 Å². The quantitative estimate of drug-likeness (QED) is 0.829. The highest BCUT2D eigenvalue weighted by Gasteiger charge is 2.25. The molecule has 1 aliphatic rings. The first kappa shape index (κ1) is 14.3. The summed E-state index contributed by atoms with van der Waals surface area (Å²) < 4.78 is 5.20. The molecule has 3 heteroatoms. The summed E-state index contributed by atoms with van der Waals surface area (Å²) in [6.45, 7) is 9.15. The average molecular weight is 262 g/mol. The van der Waals surface area contributed by atoms with Crippen molar-refractivity contribution in [1.29, 1.82) is 0 Å². The number of pyridine rings is 1. The lowest BCUT2D eigenvalue weighted by Gasteiger charge is -2.37. The molecule has 0 aliphatic carbocycles. The number of nitrogens with zero attached hydrogens (tertiary/aromatic N) is 2. The number of aromatic nitrogens is 1. The molecular formula is C16H26N2O. The number of piperidine rings is 1. The molecule has 2 rings (SSSR count). The maximum atomic E-state index is 5.20. The molecular weight excluding hydrogens is 236 g/mol. The molecule has 1 aromatic heterocycles. The summed E-state index contributed by atoms with van der Waals surface area (Å²) in [5, 5.41) is 0. The van der Waals surface area contributed by atoms with E-state index in [1.807, 2.05) is 6.20 Å². The number of hydrogen-bond acceptors (Lipinski definition) is 3. The predicted molar refractivity (Wildman–Crippen MR) is 78.5 cm³/mol. The number of aryl methyl sites for hydroxylation is 1. The van der Waals surface area contributed by atoms with Crippen molar-refractivity contribution in [3.05, 3.63) is 23.4 Å². The van der Waals surface area contributed by atoms with E-state index in [0.717, 1.165) is 0 Å². The van der Waals surface area contributed by atoms with Gasteiger partial charge in [0.25, 0.3) is 0 Å². The fourth-order valence-electron chi connectivity index (χ4n) is 3.03. The molecule has 0 radical (unpaired) electrons. The topological polar surface area (TPSA) is 25.4 Å². The van der Waals surface area contributed by atoms with Crippen LogP contribution in [0.1, 0.15) is 50.3 Å². The highest BCUT2D eigenvalue weighted by molar-refractivity contribution is 5.31. The van der Waals surface area contributed by atoms with E-state index in [-0.39, 0.29) is 0 Å². The number of rotatable bonds is 4. The van der Waals surface area contributed by atoms with Gasteiger partial charge in [0.2, 0.25) is 5.88 Å². The zero-order chi connectivity index (χ0) is 13.8. The molecule has 1 saturated heterocycles. The van der Waals surface area contributed by atoms with Crippen LogP contribution in [-0.2, 0) is 0 Å². The molecule has 0 bridgehead atoms. The molecule has 1 atom stereocenters. The Balaban J connectivity index is 2.21. The number of ether oxygens (including phenoxy) is 1. The maximum absolute atomic E-state index is 5.20. The van der Waals surface area contributed by atoms with Crippen LogP contribution in [0.25, 0.3) is 0 Å². The van der Waals surface area contributed by atoms with E-state index in [9.17, 15) is 0 Å². The zero-order valence-corrected chi connectivity index (χ0v) is 12.6. The van der Waals surface area contributed by atoms with Gasteiger partial charge in [0.15, 0.2) is 0 Å². The van der Waals surface area contributed by atoms with Gasteiger partial charge >= 0.3 is 0 Å². The van der Waals surface area contributed by atoms with Crippen molar-refractivity contribution in [2.75, 3.05) is 20.2 Å². The first-order valence-corrected chi connectivity index (χ1v) is 7.36. The Kier molecular flexibility index (Phi) is 4.81.